The summed E-state index contributed by atoms with van der Waals surface area (Å²) in [5.74, 6) is 11.4. The Morgan fingerprint density at radius 3 is 2.21 bits per heavy atom. The molecular formula is C69H106IN7O22S3. The van der Waals surface area contributed by atoms with Crippen LogP contribution in [0.1, 0.15) is 97.6 Å². The van der Waals surface area contributed by atoms with Crippen molar-refractivity contribution < 1.29 is 107 Å². The van der Waals surface area contributed by atoms with Gasteiger partial charge in [-0.15, -0.1) is 0 Å². The molecule has 2 amide bonds. The van der Waals surface area contributed by atoms with Gasteiger partial charge in [0.1, 0.15) is 41.7 Å². The van der Waals surface area contributed by atoms with Gasteiger partial charge in [-0.2, -0.15) is 16.8 Å². The number of Topliss-reactive ketones (excluding diaryl/α,β-unsaturated/α-hetero) is 1. The number of nitrogens with one attached hydrogen (secondary N) is 5. The lowest BCUT2D eigenvalue weighted by atomic mass is 9.75. The number of rotatable bonds is 36. The first-order valence-corrected chi connectivity index (χ1v) is 38.9. The van der Waals surface area contributed by atoms with Crippen molar-refractivity contribution >= 4 is 78.4 Å². The topological polar surface area (TPSA) is 382 Å². The Morgan fingerprint density at radius 2 is 1.55 bits per heavy atom. The molecule has 0 radical (unpaired) electrons. The summed E-state index contributed by atoms with van der Waals surface area (Å²) in [5, 5.41) is 82.8. The highest BCUT2D eigenvalue weighted by Gasteiger charge is 2.52. The summed E-state index contributed by atoms with van der Waals surface area (Å²) in [6.45, 7) is 18.0. The quantitative estimate of drug-likeness (QED) is 0.00873. The fourth-order valence-corrected chi connectivity index (χ4v) is 16.4. The van der Waals surface area contributed by atoms with Gasteiger partial charge in [-0.3, -0.25) is 24.6 Å². The van der Waals surface area contributed by atoms with E-state index in [4.69, 9.17) is 67.4 Å². The lowest BCUT2D eigenvalue weighted by Crippen LogP contribution is -2.65. The Labute approximate surface area is 623 Å². The summed E-state index contributed by atoms with van der Waals surface area (Å²) >= 11 is 2.27. The third kappa shape index (κ3) is 22.7. The number of methoxy groups -OCH3 is 5. The zero-order valence-corrected chi connectivity index (χ0v) is 64.8. The molecule has 2 aliphatic carbocycles. The van der Waals surface area contributed by atoms with Crippen LogP contribution in [0.5, 0.6) is 17.2 Å². The van der Waals surface area contributed by atoms with Crippen molar-refractivity contribution in [1.82, 2.24) is 31.6 Å². The number of benzene rings is 1. The normalized spacial score (nSPS) is 31.7. The summed E-state index contributed by atoms with van der Waals surface area (Å²) in [7, 11) is 9.91. The first-order valence-electron chi connectivity index (χ1n) is 34.5. The van der Waals surface area contributed by atoms with Gasteiger partial charge in [-0.1, -0.05) is 72.1 Å². The standard InChI is InChI=1S/C69H106IN7O22S3/c1-13-77(35-48(80)74-30-21-29-73-27-19-18-26-72-28-20-25-71)43-36-92-49(33-47(43)87-8)97-62-57(82)54(39(5)94-67(62)96-46-22-16-14-15-17-24-69(86)34-45(79)55(75-68(85)91-12)52(46)42(69)23-31-100-102-37(2)3)76-99-50-32-44(78)64(41(7)93-50)101-65(84)51-38(4)53(70)60(63(90-11)59(51)88-9)98-66-58(83)61(89-10)56(81)40(6)95-66/h14-15,23,37,39-41,43-44,46-47,49-50,54,56-58,61-62,64,66-67,72-73,76,78,81-84,86,101H,13,18-21,25-36,71H2,1-12H3,(H,74,80)(H,75,85)/b15-14?,42-23+/t39-,40+,41-,43+,44+,46+,47+,49+,50+,54-,56+,57+,58-,61-,62-,64-,66+,67+,69+/m1/s1. The number of hydrogen-bond donors (Lipinski definition) is 13. The van der Waals surface area contributed by atoms with E-state index >= 15 is 0 Å². The molecule has 4 fully saturated rings. The van der Waals surface area contributed by atoms with E-state index in [1.54, 1.807) is 51.7 Å². The molecule has 0 aromatic heterocycles. The molecule has 4 heterocycles. The van der Waals surface area contributed by atoms with E-state index in [0.717, 1.165) is 59.0 Å². The van der Waals surface area contributed by atoms with Crippen LogP contribution in [-0.2, 0) is 57.1 Å². The number of aliphatic hydroxyl groups excluding tert-OH is 5. The van der Waals surface area contributed by atoms with Gasteiger partial charge in [-0.05, 0) is 133 Å². The molecule has 19 atom stereocenters. The van der Waals surface area contributed by atoms with E-state index in [2.05, 4.69) is 50.4 Å². The molecule has 4 aliphatic heterocycles. The molecule has 6 aliphatic rings. The van der Waals surface area contributed by atoms with Crippen LogP contribution in [0.25, 0.3) is 0 Å². The van der Waals surface area contributed by atoms with Crippen LogP contribution in [0.3, 0.4) is 0 Å². The van der Waals surface area contributed by atoms with Crippen molar-refractivity contribution in [2.45, 2.75) is 214 Å². The number of hydrogen-bond acceptors (Lipinski definition) is 28. The van der Waals surface area contributed by atoms with Crippen LogP contribution in [0, 0.1) is 34.2 Å². The SMILES string of the molecule is CCN(CC(=O)NCCCNCCCCNCCCN)[C@H]1CO[C@@H](O[C@H]2[C@H](O[C@H]3C#CC=CC#C[C@]4(O)CC(=O)C(NC(=O)OC)=C3/C4=C\CSSC(C)C)O[C@H](C)[C@@H](NO[C@H]3C[C@H](O)[C@H]([SH]=C(O)c4c(C)c(I)c(O[C@@H]5O[C@@H](C)[C@H](O)[C@@H](OC)[C@H]5O)c(OC)c4OC)[C@@H](C)O3)[C@@H]2O)C[C@@H]1OC. The van der Waals surface area contributed by atoms with Crippen molar-refractivity contribution in [2.24, 2.45) is 5.73 Å². The lowest BCUT2D eigenvalue weighted by Gasteiger charge is -2.47. The fourth-order valence-electron chi connectivity index (χ4n) is 12.7. The van der Waals surface area contributed by atoms with Gasteiger partial charge in [0, 0.05) is 55.8 Å². The summed E-state index contributed by atoms with van der Waals surface area (Å²) < 4.78 is 74.0. The predicted molar refractivity (Wildman–Crippen MR) is 395 cm³/mol. The average molecular weight is 1610 g/mol. The molecule has 29 nitrogen and oxygen atoms in total. The maximum Gasteiger partial charge on any atom is 0.411 e. The number of fused-ring (bicyclic) bond motifs is 2. The molecule has 1 aromatic rings. The van der Waals surface area contributed by atoms with Crippen molar-refractivity contribution in [3.05, 3.63) is 49.8 Å². The van der Waals surface area contributed by atoms with Crippen LogP contribution < -0.4 is 46.7 Å². The van der Waals surface area contributed by atoms with Crippen LogP contribution >= 0.6 is 55.5 Å². The average Bonchev–Trinajstić information content (AvgIpc) is 0.752. The molecule has 13 N–H and O–H groups in total. The van der Waals surface area contributed by atoms with Gasteiger partial charge in [0.05, 0.1) is 104 Å². The Hall–Kier alpha value is -3.78. The monoisotopic (exact) mass is 1610 g/mol. The molecule has 0 spiro atoms. The maximum atomic E-state index is 14.3. The van der Waals surface area contributed by atoms with E-state index in [-0.39, 0.29) is 93.2 Å². The minimum absolute atomic E-state index is 0.0346. The number of hydroxylamine groups is 1. The molecule has 0 unspecified atom stereocenters. The van der Waals surface area contributed by atoms with Crippen molar-refractivity contribution in [2.75, 3.05) is 100 Å². The summed E-state index contributed by atoms with van der Waals surface area (Å²) in [6, 6.07) is -1.55. The van der Waals surface area contributed by atoms with Crippen LogP contribution in [-0.4, -0.2) is 279 Å². The number of amides is 2. The Balaban J connectivity index is 1.12. The molecular weight excluding hydrogens is 1500 g/mol. The molecule has 7 rings (SSSR count). The van der Waals surface area contributed by atoms with Crippen LogP contribution in [0.2, 0.25) is 0 Å². The third-order valence-electron chi connectivity index (χ3n) is 18.1. The number of ketones is 1. The zero-order valence-electron chi connectivity index (χ0n) is 60.1. The summed E-state index contributed by atoms with van der Waals surface area (Å²) in [5.41, 5.74) is 7.01. The number of carbonyl (C=O) groups is 3. The Bertz CT molecular complexity index is 3180. The number of ether oxygens (including phenoxy) is 12. The number of likely N-dealkylation sites (N-methyl/N-ethyl adjacent to an activating group) is 1. The Morgan fingerprint density at radius 1 is 0.853 bits per heavy atom. The first kappa shape index (κ1) is 85.5. The fraction of sp³-hybridized carbons (Fsp3) is 0.710. The second-order valence-corrected chi connectivity index (χ2v) is 30.9. The second kappa shape index (κ2) is 42.1. The predicted octanol–water partition coefficient (Wildman–Crippen LogP) is 2.48. The zero-order chi connectivity index (χ0) is 74.4. The van der Waals surface area contributed by atoms with Gasteiger partial charge in [0.2, 0.25) is 17.9 Å². The highest BCUT2D eigenvalue weighted by atomic mass is 127. The molecule has 2 bridgehead atoms. The number of allylic oxidation sites excluding steroid dienone is 3. The van der Waals surface area contributed by atoms with Gasteiger partial charge in [0.25, 0.3) is 0 Å². The first-order chi connectivity index (χ1) is 48.9. The molecule has 4 saturated heterocycles. The van der Waals surface area contributed by atoms with E-state index < -0.39 is 134 Å². The van der Waals surface area contributed by atoms with E-state index in [9.17, 15) is 45.0 Å². The summed E-state index contributed by atoms with van der Waals surface area (Å²) in [4.78, 5) is 49.1. The smallest absolute Gasteiger partial charge is 0.411 e. The van der Waals surface area contributed by atoms with E-state index in [1.807, 2.05) is 48.3 Å². The highest BCUT2D eigenvalue weighted by Crippen LogP contribution is 2.48. The highest BCUT2D eigenvalue weighted by molar-refractivity contribution is 14.1. The number of alkyl carbamates (subject to hydrolysis) is 1. The van der Waals surface area contributed by atoms with Gasteiger partial charge in [-0.25, -0.2) is 4.79 Å². The number of carbonyl (C=O) groups excluding carboxylic acids is 3. The molecule has 102 heavy (non-hydrogen) atoms. The Kier molecular flexibility index (Phi) is 35.3. The van der Waals surface area contributed by atoms with Crippen molar-refractivity contribution in [1.29, 1.82) is 0 Å². The minimum Gasteiger partial charge on any atom is -0.492 e. The van der Waals surface area contributed by atoms with Crippen LogP contribution in [0.4, 0.5) is 4.79 Å². The second-order valence-electron chi connectivity index (χ2n) is 25.6. The van der Waals surface area contributed by atoms with Crippen molar-refractivity contribution in [3.8, 4) is 40.9 Å². The van der Waals surface area contributed by atoms with Gasteiger partial charge >= 0.3 is 6.09 Å². The van der Waals surface area contributed by atoms with Gasteiger partial charge < -0.3 is 109 Å². The van der Waals surface area contributed by atoms with E-state index in [0.29, 0.717) is 34.5 Å². The minimum atomic E-state index is -2.09. The van der Waals surface area contributed by atoms with Gasteiger partial charge in [0.15, 0.2) is 41.8 Å². The molecule has 1 aromatic carbocycles. The number of aliphatic hydroxyl groups is 6. The summed E-state index contributed by atoms with van der Waals surface area (Å²) in [6.07, 6.45) is -10.7. The number of thiol groups is 1. The van der Waals surface area contributed by atoms with Crippen LogP contribution in [0.15, 0.2) is 35.1 Å². The molecule has 574 valence electrons. The number of unbranched alkanes of at least 4 members (excludes halogenated alkanes) is 1. The third-order valence-corrected chi connectivity index (χ3v) is 23.7. The molecule has 0 saturated carbocycles. The number of nitrogens with zero attached hydrogens (tertiary/aromatic N) is 1. The lowest BCUT2D eigenvalue weighted by molar-refractivity contribution is -0.337. The van der Waals surface area contributed by atoms with Crippen molar-refractivity contribution in [3.63, 3.8) is 0 Å². The number of halogens is 1. The van der Waals surface area contributed by atoms with E-state index in [1.165, 1.54) is 44.3 Å². The maximum absolute atomic E-state index is 14.3. The molecule has 33 heteroatoms. The largest absolute Gasteiger partial charge is 0.492 e. The number of nitrogens with two attached hydrogens (primary N) is 1.